The Labute approximate surface area is 128 Å². The van der Waals surface area contributed by atoms with Gasteiger partial charge in [0.15, 0.2) is 5.69 Å². The van der Waals surface area contributed by atoms with Crippen LogP contribution in [0.5, 0.6) is 0 Å². The van der Waals surface area contributed by atoms with Crippen molar-refractivity contribution in [2.24, 2.45) is 0 Å². The van der Waals surface area contributed by atoms with Crippen molar-refractivity contribution < 1.29 is 4.79 Å². The Bertz CT molecular complexity index is 688. The number of thiazole rings is 1. The van der Waals surface area contributed by atoms with Crippen molar-refractivity contribution in [1.82, 2.24) is 20.1 Å². The number of nitrogens with zero attached hydrogens (tertiary/aromatic N) is 3. The summed E-state index contributed by atoms with van der Waals surface area (Å²) in [6, 6.07) is -0.0452. The average Bonchev–Trinajstić information content (AvgIpc) is 3.11. The molecule has 5 nitrogen and oxygen atoms in total. The van der Waals surface area contributed by atoms with Crippen LogP contribution in [0.4, 0.5) is 0 Å². The quantitative estimate of drug-likeness (QED) is 0.948. The van der Waals surface area contributed by atoms with Gasteiger partial charge in [0.1, 0.15) is 0 Å². The molecule has 2 aromatic heterocycles. The molecule has 2 aromatic rings. The van der Waals surface area contributed by atoms with E-state index in [-0.39, 0.29) is 11.9 Å². The molecule has 0 radical (unpaired) electrons. The minimum absolute atomic E-state index is 0.0213. The molecule has 21 heavy (non-hydrogen) atoms. The van der Waals surface area contributed by atoms with Crippen LogP contribution in [-0.4, -0.2) is 33.0 Å². The van der Waals surface area contributed by atoms with Crippen molar-refractivity contribution in [2.45, 2.75) is 46.1 Å². The van der Waals surface area contributed by atoms with Gasteiger partial charge in [0, 0.05) is 23.2 Å². The number of carbonyl (C=O) groups excluding carboxylic acids is 1. The number of hydrogen-bond acceptors (Lipinski definition) is 4. The van der Waals surface area contributed by atoms with E-state index in [0.29, 0.717) is 5.69 Å². The predicted octanol–water partition coefficient (Wildman–Crippen LogP) is 2.80. The Morgan fingerprint density at radius 2 is 2.14 bits per heavy atom. The summed E-state index contributed by atoms with van der Waals surface area (Å²) in [5.41, 5.74) is 3.80. The molecule has 1 unspecified atom stereocenters. The zero-order valence-electron chi connectivity index (χ0n) is 12.9. The van der Waals surface area contributed by atoms with Crippen molar-refractivity contribution in [2.75, 3.05) is 7.05 Å². The second-order valence-electron chi connectivity index (χ2n) is 5.65. The lowest BCUT2D eigenvalue weighted by Gasteiger charge is -2.23. The molecule has 0 saturated carbocycles. The fourth-order valence-corrected chi connectivity index (χ4v) is 3.86. The van der Waals surface area contributed by atoms with Crippen molar-refractivity contribution in [3.8, 4) is 0 Å². The second kappa shape index (κ2) is 5.26. The normalized spacial score (nSPS) is 15.0. The molecule has 112 valence electrons. The molecule has 0 spiro atoms. The third kappa shape index (κ3) is 2.37. The lowest BCUT2D eigenvalue weighted by Crippen LogP contribution is -2.31. The topological polar surface area (TPSA) is 61.9 Å². The highest BCUT2D eigenvalue weighted by Crippen LogP contribution is 2.29. The van der Waals surface area contributed by atoms with Crippen molar-refractivity contribution in [3.05, 3.63) is 32.5 Å². The van der Waals surface area contributed by atoms with Gasteiger partial charge in [0.25, 0.3) is 5.91 Å². The van der Waals surface area contributed by atoms with E-state index >= 15 is 0 Å². The van der Waals surface area contributed by atoms with Crippen LogP contribution in [-0.2, 0) is 12.8 Å². The van der Waals surface area contributed by atoms with Gasteiger partial charge in [-0.15, -0.1) is 11.3 Å². The molecule has 1 aliphatic carbocycles. The molecule has 1 atom stereocenters. The lowest BCUT2D eigenvalue weighted by atomic mass is 10.1. The van der Waals surface area contributed by atoms with Gasteiger partial charge in [-0.05, 0) is 40.0 Å². The van der Waals surface area contributed by atoms with E-state index < -0.39 is 0 Å². The molecule has 2 heterocycles. The third-order valence-electron chi connectivity index (χ3n) is 4.25. The first-order chi connectivity index (χ1) is 9.99. The first kappa shape index (κ1) is 14.3. The Hall–Kier alpha value is -1.69. The molecule has 1 aliphatic rings. The highest BCUT2D eigenvalue weighted by molar-refractivity contribution is 7.11. The predicted molar refractivity (Wildman–Crippen MR) is 82.7 cm³/mol. The van der Waals surface area contributed by atoms with Gasteiger partial charge >= 0.3 is 0 Å². The lowest BCUT2D eigenvalue weighted by molar-refractivity contribution is 0.0732. The molecule has 1 amide bonds. The van der Waals surface area contributed by atoms with Gasteiger partial charge in [-0.1, -0.05) is 0 Å². The number of amides is 1. The van der Waals surface area contributed by atoms with E-state index in [1.807, 2.05) is 20.9 Å². The molecule has 1 N–H and O–H groups in total. The molecule has 0 saturated heterocycles. The van der Waals surface area contributed by atoms with Crippen LogP contribution in [0.25, 0.3) is 0 Å². The summed E-state index contributed by atoms with van der Waals surface area (Å²) in [6.45, 7) is 6.07. The van der Waals surface area contributed by atoms with Gasteiger partial charge < -0.3 is 4.90 Å². The maximum atomic E-state index is 12.7. The van der Waals surface area contributed by atoms with Gasteiger partial charge in [-0.3, -0.25) is 9.89 Å². The van der Waals surface area contributed by atoms with Crippen LogP contribution in [0.1, 0.15) is 56.7 Å². The zero-order valence-corrected chi connectivity index (χ0v) is 13.7. The Kier molecular flexibility index (Phi) is 3.57. The van der Waals surface area contributed by atoms with E-state index in [0.717, 1.165) is 41.2 Å². The molecule has 0 fully saturated rings. The number of aromatic amines is 1. The average molecular weight is 304 g/mol. The highest BCUT2D eigenvalue weighted by Gasteiger charge is 2.28. The molecule has 6 heteroatoms. The summed E-state index contributed by atoms with van der Waals surface area (Å²) in [5.74, 6) is -0.0213. The van der Waals surface area contributed by atoms with Crippen LogP contribution < -0.4 is 0 Å². The number of aryl methyl sites for hydroxylation is 3. The summed E-state index contributed by atoms with van der Waals surface area (Å²) in [7, 11) is 1.83. The first-order valence-electron chi connectivity index (χ1n) is 7.26. The number of H-pyrrole nitrogens is 1. The molecular weight excluding hydrogens is 284 g/mol. The Morgan fingerprint density at radius 3 is 2.81 bits per heavy atom. The molecule has 0 bridgehead atoms. The number of fused-ring (bicyclic) bond motifs is 1. The largest absolute Gasteiger partial charge is 0.332 e. The SMILES string of the molecule is Cc1nc(C(C)N(C)C(=O)c2n[nH]c3c2CCC3)c(C)s1. The van der Waals surface area contributed by atoms with Crippen molar-refractivity contribution in [3.63, 3.8) is 0 Å². The highest BCUT2D eigenvalue weighted by atomic mass is 32.1. The van der Waals surface area contributed by atoms with Crippen LogP contribution >= 0.6 is 11.3 Å². The summed E-state index contributed by atoms with van der Waals surface area (Å²) in [4.78, 5) is 20.2. The molecule has 3 rings (SSSR count). The van der Waals surface area contributed by atoms with Crippen LogP contribution in [0.2, 0.25) is 0 Å². The van der Waals surface area contributed by atoms with Gasteiger partial charge in [-0.2, -0.15) is 5.10 Å². The van der Waals surface area contributed by atoms with Crippen LogP contribution in [0.3, 0.4) is 0 Å². The standard InChI is InChI=1S/C15H20N4OS/c1-8(13-9(2)21-10(3)16-13)19(4)15(20)14-11-6-5-7-12(11)17-18-14/h8H,5-7H2,1-4H3,(H,17,18). The number of hydrogen-bond donors (Lipinski definition) is 1. The minimum atomic E-state index is -0.0452. The Morgan fingerprint density at radius 1 is 1.38 bits per heavy atom. The molecule has 0 aromatic carbocycles. The number of aromatic nitrogens is 3. The zero-order chi connectivity index (χ0) is 15.1. The fraction of sp³-hybridized carbons (Fsp3) is 0.533. The van der Waals surface area contributed by atoms with E-state index in [9.17, 15) is 4.79 Å². The van der Waals surface area contributed by atoms with Crippen molar-refractivity contribution in [1.29, 1.82) is 0 Å². The fourth-order valence-electron chi connectivity index (χ4n) is 2.96. The minimum Gasteiger partial charge on any atom is -0.332 e. The molecule has 0 aliphatic heterocycles. The molecular formula is C15H20N4OS. The summed E-state index contributed by atoms with van der Waals surface area (Å²) in [5, 5.41) is 8.27. The summed E-state index contributed by atoms with van der Waals surface area (Å²) < 4.78 is 0. The maximum absolute atomic E-state index is 12.7. The summed E-state index contributed by atoms with van der Waals surface area (Å²) in [6.07, 6.45) is 3.05. The number of nitrogens with one attached hydrogen (secondary N) is 1. The third-order valence-corrected chi connectivity index (χ3v) is 5.15. The van der Waals surface area contributed by atoms with Gasteiger partial charge in [0.05, 0.1) is 16.7 Å². The van der Waals surface area contributed by atoms with E-state index in [4.69, 9.17) is 0 Å². The summed E-state index contributed by atoms with van der Waals surface area (Å²) >= 11 is 1.67. The van der Waals surface area contributed by atoms with E-state index in [1.54, 1.807) is 16.2 Å². The first-order valence-corrected chi connectivity index (χ1v) is 8.08. The number of carbonyl (C=O) groups is 1. The number of rotatable bonds is 3. The van der Waals surface area contributed by atoms with Crippen molar-refractivity contribution >= 4 is 17.2 Å². The van der Waals surface area contributed by atoms with Gasteiger partial charge in [0.2, 0.25) is 0 Å². The van der Waals surface area contributed by atoms with Crippen LogP contribution in [0, 0.1) is 13.8 Å². The Balaban J connectivity index is 1.85. The maximum Gasteiger partial charge on any atom is 0.274 e. The second-order valence-corrected chi connectivity index (χ2v) is 7.06. The monoisotopic (exact) mass is 304 g/mol. The van der Waals surface area contributed by atoms with Gasteiger partial charge in [-0.25, -0.2) is 4.98 Å². The smallest absolute Gasteiger partial charge is 0.274 e. The van der Waals surface area contributed by atoms with Crippen LogP contribution in [0.15, 0.2) is 0 Å². The van der Waals surface area contributed by atoms with E-state index in [1.165, 1.54) is 4.88 Å². The van der Waals surface area contributed by atoms with E-state index in [2.05, 4.69) is 22.1 Å².